The van der Waals surface area contributed by atoms with Crippen molar-refractivity contribution in [3.05, 3.63) is 71.2 Å². The first kappa shape index (κ1) is 19.3. The lowest BCUT2D eigenvalue weighted by molar-refractivity contribution is -0.186. The zero-order valence-electron chi connectivity index (χ0n) is 16.3. The average molecular weight is 415 g/mol. The van der Waals surface area contributed by atoms with Gasteiger partial charge in [0.05, 0.1) is 17.3 Å². The molecule has 2 heterocycles. The first-order valence-electron chi connectivity index (χ1n) is 10.2. The Balaban J connectivity index is 1.29. The predicted octanol–water partition coefficient (Wildman–Crippen LogP) is 5.77. The van der Waals surface area contributed by atoms with Gasteiger partial charge in [-0.05, 0) is 60.9 Å². The van der Waals surface area contributed by atoms with Gasteiger partial charge >= 0.3 is 6.18 Å². The van der Waals surface area contributed by atoms with Gasteiger partial charge in [0.25, 0.3) is 0 Å². The minimum absolute atomic E-state index is 0.0151. The molecule has 3 aromatic rings. The highest BCUT2D eigenvalue weighted by Gasteiger charge is 2.62. The molecule has 156 valence electrons. The molecule has 2 aromatic heterocycles. The molecule has 1 aromatic carbocycles. The van der Waals surface area contributed by atoms with Crippen molar-refractivity contribution in [2.45, 2.75) is 50.6 Å². The molecule has 0 bridgehead atoms. The lowest BCUT2D eigenvalue weighted by Crippen LogP contribution is -2.26. The molecule has 1 fully saturated rings. The summed E-state index contributed by atoms with van der Waals surface area (Å²) in [4.78, 5) is 11.6. The molecule has 0 saturated heterocycles. The standard InChI is InChI=1S/C23H21F4N3/c24-17-4-6-20(28-12-17)16-3-5-19-14(9-16)1-2-15(19)10-21-29-13-18(30-21)11-22(7-8-22)23(25,26)27/h3-6,9,12-13,15H,1-2,7-8,10-11H2,(H,29,30). The summed E-state index contributed by atoms with van der Waals surface area (Å²) >= 11 is 0. The minimum Gasteiger partial charge on any atom is -0.346 e. The van der Waals surface area contributed by atoms with Gasteiger partial charge in [-0.2, -0.15) is 13.2 Å². The smallest absolute Gasteiger partial charge is 0.346 e. The normalized spacial score (nSPS) is 19.7. The number of alkyl halides is 3. The summed E-state index contributed by atoms with van der Waals surface area (Å²) in [6.07, 6.45) is 1.58. The molecule has 3 nitrogen and oxygen atoms in total. The fraction of sp³-hybridized carbons (Fsp3) is 0.391. The second kappa shape index (κ2) is 6.93. The summed E-state index contributed by atoms with van der Waals surface area (Å²) < 4.78 is 52.7. The van der Waals surface area contributed by atoms with Crippen LogP contribution in [0, 0.1) is 11.2 Å². The van der Waals surface area contributed by atoms with Gasteiger partial charge in [0, 0.05) is 30.3 Å². The number of nitrogens with zero attached hydrogens (tertiary/aromatic N) is 2. The van der Waals surface area contributed by atoms with Crippen LogP contribution in [0.5, 0.6) is 0 Å². The van der Waals surface area contributed by atoms with Gasteiger partial charge in [-0.15, -0.1) is 0 Å². The predicted molar refractivity (Wildman–Crippen MR) is 104 cm³/mol. The molecule has 2 aliphatic carbocycles. The number of hydrogen-bond acceptors (Lipinski definition) is 2. The topological polar surface area (TPSA) is 41.6 Å². The third-order valence-corrected chi connectivity index (χ3v) is 6.47. The number of aromatic nitrogens is 3. The molecule has 2 aliphatic rings. The Morgan fingerprint density at radius 1 is 1.07 bits per heavy atom. The van der Waals surface area contributed by atoms with Crippen molar-refractivity contribution < 1.29 is 17.6 Å². The monoisotopic (exact) mass is 415 g/mol. The molecule has 0 aliphatic heterocycles. The van der Waals surface area contributed by atoms with Gasteiger partial charge < -0.3 is 4.98 Å². The molecule has 1 saturated carbocycles. The minimum atomic E-state index is -4.15. The highest BCUT2D eigenvalue weighted by Crippen LogP contribution is 2.59. The highest BCUT2D eigenvalue weighted by molar-refractivity contribution is 5.61. The van der Waals surface area contributed by atoms with Crippen LogP contribution in [-0.4, -0.2) is 21.1 Å². The number of aryl methyl sites for hydroxylation is 1. The van der Waals surface area contributed by atoms with Crippen molar-refractivity contribution in [1.29, 1.82) is 0 Å². The summed E-state index contributed by atoms with van der Waals surface area (Å²) in [5, 5.41) is 0. The van der Waals surface area contributed by atoms with E-state index in [9.17, 15) is 17.6 Å². The summed E-state index contributed by atoms with van der Waals surface area (Å²) in [6.45, 7) is 0. The average Bonchev–Trinajstić information content (AvgIpc) is 3.21. The molecule has 1 atom stereocenters. The number of pyridine rings is 1. The Kier molecular flexibility index (Phi) is 4.45. The number of H-pyrrole nitrogens is 1. The Labute approximate surface area is 171 Å². The van der Waals surface area contributed by atoms with Crippen LogP contribution < -0.4 is 0 Å². The van der Waals surface area contributed by atoms with Gasteiger partial charge in [-0.1, -0.05) is 12.1 Å². The van der Waals surface area contributed by atoms with Crippen LogP contribution in [0.1, 0.15) is 47.8 Å². The molecule has 0 radical (unpaired) electrons. The molecule has 0 spiro atoms. The van der Waals surface area contributed by atoms with Crippen molar-refractivity contribution in [1.82, 2.24) is 15.0 Å². The molecule has 7 heteroatoms. The zero-order valence-corrected chi connectivity index (χ0v) is 16.3. The van der Waals surface area contributed by atoms with E-state index in [-0.39, 0.29) is 31.0 Å². The largest absolute Gasteiger partial charge is 0.394 e. The van der Waals surface area contributed by atoms with E-state index in [1.165, 1.54) is 23.4 Å². The number of rotatable bonds is 5. The number of benzene rings is 1. The Morgan fingerprint density at radius 3 is 2.60 bits per heavy atom. The Bertz CT molecular complexity index is 1060. The number of halogens is 4. The third kappa shape index (κ3) is 3.50. The van der Waals surface area contributed by atoms with Gasteiger partial charge in [-0.3, -0.25) is 4.98 Å². The van der Waals surface area contributed by atoms with E-state index in [1.54, 1.807) is 12.3 Å². The van der Waals surface area contributed by atoms with Crippen LogP contribution in [0.4, 0.5) is 17.6 Å². The van der Waals surface area contributed by atoms with Crippen molar-refractivity contribution in [2.75, 3.05) is 0 Å². The maximum atomic E-state index is 13.2. The Morgan fingerprint density at radius 2 is 1.90 bits per heavy atom. The maximum Gasteiger partial charge on any atom is 0.394 e. The van der Waals surface area contributed by atoms with Crippen LogP contribution in [0.2, 0.25) is 0 Å². The van der Waals surface area contributed by atoms with Gasteiger partial charge in [-0.25, -0.2) is 9.37 Å². The number of aromatic amines is 1. The van der Waals surface area contributed by atoms with Crippen molar-refractivity contribution in [3.63, 3.8) is 0 Å². The summed E-state index contributed by atoms with van der Waals surface area (Å²) in [5.41, 5.74) is 3.18. The maximum absolute atomic E-state index is 13.2. The van der Waals surface area contributed by atoms with Gasteiger partial charge in [0.2, 0.25) is 0 Å². The van der Waals surface area contributed by atoms with E-state index in [4.69, 9.17) is 0 Å². The van der Waals surface area contributed by atoms with Crippen molar-refractivity contribution in [3.8, 4) is 11.3 Å². The summed E-state index contributed by atoms with van der Waals surface area (Å²) in [7, 11) is 0. The highest BCUT2D eigenvalue weighted by atomic mass is 19.4. The molecular weight excluding hydrogens is 394 g/mol. The van der Waals surface area contributed by atoms with Crippen LogP contribution in [0.3, 0.4) is 0 Å². The van der Waals surface area contributed by atoms with Crippen LogP contribution >= 0.6 is 0 Å². The molecular formula is C23H21F4N3. The van der Waals surface area contributed by atoms with E-state index < -0.39 is 11.6 Å². The zero-order chi connectivity index (χ0) is 20.9. The van der Waals surface area contributed by atoms with E-state index in [0.29, 0.717) is 12.1 Å². The lowest BCUT2D eigenvalue weighted by atomic mass is 9.96. The van der Waals surface area contributed by atoms with Crippen molar-refractivity contribution in [2.24, 2.45) is 5.41 Å². The SMILES string of the molecule is Fc1ccc(-c2ccc3c(c2)CCC3Cc2ncc(CC3(C(F)(F)F)CC3)[nH]2)nc1. The van der Waals surface area contributed by atoms with E-state index in [1.807, 2.05) is 6.07 Å². The first-order valence-corrected chi connectivity index (χ1v) is 10.2. The first-order chi connectivity index (χ1) is 14.3. The second-order valence-electron chi connectivity index (χ2n) is 8.52. The van der Waals surface area contributed by atoms with Crippen LogP contribution in [0.25, 0.3) is 11.3 Å². The van der Waals surface area contributed by atoms with Gasteiger partial charge in [0.1, 0.15) is 11.6 Å². The summed E-state index contributed by atoms with van der Waals surface area (Å²) in [5.74, 6) is 0.664. The third-order valence-electron chi connectivity index (χ3n) is 6.47. The fourth-order valence-electron chi connectivity index (χ4n) is 4.53. The molecule has 0 amide bonds. The molecule has 30 heavy (non-hydrogen) atoms. The number of fused-ring (bicyclic) bond motifs is 1. The van der Waals surface area contributed by atoms with Crippen molar-refractivity contribution >= 4 is 0 Å². The summed E-state index contributed by atoms with van der Waals surface area (Å²) in [6, 6.07) is 9.24. The second-order valence-corrected chi connectivity index (χ2v) is 8.52. The van der Waals surface area contributed by atoms with E-state index in [2.05, 4.69) is 27.1 Å². The Hall–Kier alpha value is -2.70. The lowest BCUT2D eigenvalue weighted by Gasteiger charge is -2.17. The van der Waals surface area contributed by atoms with E-state index in [0.717, 1.165) is 29.9 Å². The van der Waals surface area contributed by atoms with Gasteiger partial charge in [0.15, 0.2) is 0 Å². The molecule has 5 rings (SSSR count). The number of nitrogens with one attached hydrogen (secondary N) is 1. The number of hydrogen-bond donors (Lipinski definition) is 1. The van der Waals surface area contributed by atoms with Crippen LogP contribution in [-0.2, 0) is 19.3 Å². The van der Waals surface area contributed by atoms with Crippen LogP contribution in [0.15, 0.2) is 42.7 Å². The molecule has 1 unspecified atom stereocenters. The van der Waals surface area contributed by atoms with E-state index >= 15 is 0 Å². The quantitative estimate of drug-likeness (QED) is 0.538. The molecule has 1 N–H and O–H groups in total. The number of imidazole rings is 1. The fourth-order valence-corrected chi connectivity index (χ4v) is 4.53.